The van der Waals surface area contributed by atoms with Crippen LogP contribution in [0.5, 0.6) is 0 Å². The largest absolute Gasteiger partial charge is 0.325 e. The number of rotatable bonds is 4. The molecule has 2 heterocycles. The highest BCUT2D eigenvalue weighted by molar-refractivity contribution is 5.74. The van der Waals surface area contributed by atoms with Gasteiger partial charge in [0.25, 0.3) is 0 Å². The van der Waals surface area contributed by atoms with E-state index in [0.29, 0.717) is 12.1 Å². The van der Waals surface area contributed by atoms with E-state index in [9.17, 15) is 4.79 Å². The number of hydrogen-bond acceptors (Lipinski definition) is 3. The number of amides is 2. The van der Waals surface area contributed by atoms with Crippen molar-refractivity contribution in [3.63, 3.8) is 0 Å². The van der Waals surface area contributed by atoms with Gasteiger partial charge < -0.3 is 19.6 Å². The van der Waals surface area contributed by atoms with Crippen molar-refractivity contribution in [1.29, 1.82) is 0 Å². The van der Waals surface area contributed by atoms with E-state index in [-0.39, 0.29) is 6.03 Å². The van der Waals surface area contributed by atoms with E-state index in [1.54, 1.807) is 0 Å². The average molecular weight is 310 g/mol. The molecule has 5 heteroatoms. The number of urea groups is 1. The van der Waals surface area contributed by atoms with Crippen LogP contribution in [0.25, 0.3) is 0 Å². The summed E-state index contributed by atoms with van der Waals surface area (Å²) in [5, 5.41) is 0. The molecular weight excluding hydrogens is 276 g/mol. The lowest BCUT2D eigenvalue weighted by Crippen LogP contribution is -2.53. The van der Waals surface area contributed by atoms with Gasteiger partial charge in [0, 0.05) is 38.3 Å². The molecule has 0 spiro atoms. The molecule has 22 heavy (non-hydrogen) atoms. The Hall–Kier alpha value is -0.810. The summed E-state index contributed by atoms with van der Waals surface area (Å²) in [4.78, 5) is 21.6. The Balaban J connectivity index is 1.77. The normalized spacial score (nSPS) is 21.9. The van der Waals surface area contributed by atoms with Gasteiger partial charge in [-0.25, -0.2) is 4.79 Å². The van der Waals surface area contributed by atoms with Gasteiger partial charge in [-0.05, 0) is 52.9 Å². The first-order valence-electron chi connectivity index (χ1n) is 9.01. The Bertz CT molecular complexity index is 315. The van der Waals surface area contributed by atoms with Crippen LogP contribution < -0.4 is 0 Å². The zero-order valence-electron chi connectivity index (χ0n) is 14.9. The third kappa shape index (κ3) is 4.13. The van der Waals surface area contributed by atoms with Crippen molar-refractivity contribution in [3.8, 4) is 0 Å². The molecule has 0 aromatic rings. The molecular formula is C17H34N4O. The maximum absolute atomic E-state index is 12.7. The molecule has 0 N–H and O–H groups in total. The van der Waals surface area contributed by atoms with Gasteiger partial charge in [-0.15, -0.1) is 0 Å². The zero-order chi connectivity index (χ0) is 16.1. The Morgan fingerprint density at radius 1 is 0.818 bits per heavy atom. The molecule has 5 nitrogen and oxygen atoms in total. The van der Waals surface area contributed by atoms with Gasteiger partial charge in [0.05, 0.1) is 0 Å². The fraction of sp³-hybridized carbons (Fsp3) is 0.941. The molecule has 0 unspecified atom stereocenters. The highest BCUT2D eigenvalue weighted by Gasteiger charge is 2.30. The quantitative estimate of drug-likeness (QED) is 0.795. The lowest BCUT2D eigenvalue weighted by Gasteiger charge is -2.41. The van der Waals surface area contributed by atoms with Crippen LogP contribution in [0.15, 0.2) is 0 Å². The molecule has 0 radical (unpaired) electrons. The lowest BCUT2D eigenvalue weighted by molar-refractivity contribution is 0.0935. The van der Waals surface area contributed by atoms with Crippen LogP contribution in [0.3, 0.4) is 0 Å². The molecule has 2 rings (SSSR count). The van der Waals surface area contributed by atoms with Gasteiger partial charge in [-0.3, -0.25) is 0 Å². The highest BCUT2D eigenvalue weighted by Crippen LogP contribution is 2.20. The van der Waals surface area contributed by atoms with E-state index >= 15 is 0 Å². The van der Waals surface area contributed by atoms with Crippen LogP contribution >= 0.6 is 0 Å². The number of hydrogen-bond donors (Lipinski definition) is 0. The first kappa shape index (κ1) is 17.5. The Morgan fingerprint density at radius 2 is 1.14 bits per heavy atom. The summed E-state index contributed by atoms with van der Waals surface area (Å²) in [6, 6.07) is 1.58. The molecule has 2 amide bonds. The van der Waals surface area contributed by atoms with E-state index in [1.165, 1.54) is 0 Å². The van der Waals surface area contributed by atoms with Crippen molar-refractivity contribution in [2.45, 2.75) is 51.6 Å². The molecule has 2 saturated heterocycles. The highest BCUT2D eigenvalue weighted by atomic mass is 16.2. The number of likely N-dealkylation sites (tertiary alicyclic amines) is 2. The summed E-state index contributed by atoms with van der Waals surface area (Å²) in [5.74, 6) is 0. The van der Waals surface area contributed by atoms with Gasteiger partial charge in [-0.1, -0.05) is 13.8 Å². The van der Waals surface area contributed by atoms with Crippen molar-refractivity contribution in [2.75, 3.05) is 53.4 Å². The minimum Gasteiger partial charge on any atom is -0.325 e. The Labute approximate surface area is 136 Å². The number of piperidine rings is 2. The van der Waals surface area contributed by atoms with Gasteiger partial charge in [-0.2, -0.15) is 0 Å². The van der Waals surface area contributed by atoms with Gasteiger partial charge in [0.1, 0.15) is 0 Å². The van der Waals surface area contributed by atoms with Gasteiger partial charge in [0.2, 0.25) is 0 Å². The van der Waals surface area contributed by atoms with Crippen molar-refractivity contribution < 1.29 is 4.79 Å². The predicted molar refractivity (Wildman–Crippen MR) is 91.2 cm³/mol. The maximum Gasteiger partial charge on any atom is 0.320 e. The second kappa shape index (κ2) is 8.16. The molecule has 2 aliphatic heterocycles. The van der Waals surface area contributed by atoms with Gasteiger partial charge >= 0.3 is 6.03 Å². The average Bonchev–Trinajstić information content (AvgIpc) is 2.60. The summed E-state index contributed by atoms with van der Waals surface area (Å²) < 4.78 is 0. The molecule has 0 bridgehead atoms. The molecule has 0 aliphatic carbocycles. The first-order valence-corrected chi connectivity index (χ1v) is 9.01. The molecule has 0 aromatic carbocycles. The molecule has 0 atom stereocenters. The molecule has 2 aliphatic rings. The summed E-state index contributed by atoms with van der Waals surface area (Å²) in [5.41, 5.74) is 0. The summed E-state index contributed by atoms with van der Waals surface area (Å²) in [7, 11) is 4.38. The minimum absolute atomic E-state index is 0.273. The predicted octanol–water partition coefficient (Wildman–Crippen LogP) is 1.94. The SMILES string of the molecule is CCN(C)C1CCN(C(=O)N2CCC(N(C)CC)CC2)CC1. The summed E-state index contributed by atoms with van der Waals surface area (Å²) in [6.45, 7) is 10.3. The smallest absolute Gasteiger partial charge is 0.320 e. The van der Waals surface area contributed by atoms with E-state index in [0.717, 1.165) is 65.0 Å². The number of carbonyl (C=O) groups is 1. The van der Waals surface area contributed by atoms with Crippen LogP contribution in [0, 0.1) is 0 Å². The third-order valence-corrected chi connectivity index (χ3v) is 5.71. The standard InChI is InChI=1S/C17H34N4O/c1-5-18(3)15-7-11-20(12-8-15)17(22)21-13-9-16(10-14-21)19(4)6-2/h15-16H,5-14H2,1-4H3. The topological polar surface area (TPSA) is 30.0 Å². The second-order valence-corrected chi connectivity index (χ2v) is 6.87. The van der Waals surface area contributed by atoms with Gasteiger partial charge in [0.15, 0.2) is 0 Å². The third-order valence-electron chi connectivity index (χ3n) is 5.71. The van der Waals surface area contributed by atoms with Crippen LogP contribution in [0.1, 0.15) is 39.5 Å². The van der Waals surface area contributed by atoms with Crippen molar-refractivity contribution in [3.05, 3.63) is 0 Å². The summed E-state index contributed by atoms with van der Waals surface area (Å²) in [6.07, 6.45) is 4.46. The number of carbonyl (C=O) groups excluding carboxylic acids is 1. The van der Waals surface area contributed by atoms with E-state index in [2.05, 4.69) is 47.5 Å². The maximum atomic E-state index is 12.7. The minimum atomic E-state index is 0.273. The van der Waals surface area contributed by atoms with Crippen molar-refractivity contribution >= 4 is 6.03 Å². The van der Waals surface area contributed by atoms with Crippen LogP contribution in [-0.2, 0) is 0 Å². The Kier molecular flexibility index (Phi) is 6.50. The van der Waals surface area contributed by atoms with E-state index in [1.807, 2.05) is 0 Å². The van der Waals surface area contributed by atoms with Crippen LogP contribution in [0.4, 0.5) is 4.79 Å². The van der Waals surface area contributed by atoms with Crippen LogP contribution in [-0.4, -0.2) is 91.1 Å². The van der Waals surface area contributed by atoms with E-state index < -0.39 is 0 Å². The Morgan fingerprint density at radius 3 is 1.41 bits per heavy atom. The van der Waals surface area contributed by atoms with Crippen LogP contribution in [0.2, 0.25) is 0 Å². The molecule has 128 valence electrons. The zero-order valence-corrected chi connectivity index (χ0v) is 14.9. The van der Waals surface area contributed by atoms with E-state index in [4.69, 9.17) is 0 Å². The first-order chi connectivity index (χ1) is 10.6. The fourth-order valence-corrected chi connectivity index (χ4v) is 3.71. The molecule has 2 fully saturated rings. The lowest BCUT2D eigenvalue weighted by atomic mass is 10.0. The fourth-order valence-electron chi connectivity index (χ4n) is 3.71. The summed E-state index contributed by atoms with van der Waals surface area (Å²) >= 11 is 0. The molecule has 0 saturated carbocycles. The number of nitrogens with zero attached hydrogens (tertiary/aromatic N) is 4. The van der Waals surface area contributed by atoms with Crippen molar-refractivity contribution in [2.24, 2.45) is 0 Å². The monoisotopic (exact) mass is 310 g/mol. The molecule has 0 aromatic heterocycles. The second-order valence-electron chi connectivity index (χ2n) is 6.87. The van der Waals surface area contributed by atoms with Crippen molar-refractivity contribution in [1.82, 2.24) is 19.6 Å².